The van der Waals surface area contributed by atoms with Crippen LogP contribution in [0.4, 0.5) is 0 Å². The molecule has 0 aliphatic heterocycles. The normalized spacial score (nSPS) is 12.2. The topological polar surface area (TPSA) is 17.1 Å². The van der Waals surface area contributed by atoms with Crippen molar-refractivity contribution < 1.29 is 37.5 Å². The van der Waals surface area contributed by atoms with Crippen molar-refractivity contribution in [3.05, 3.63) is 29.7 Å². The van der Waals surface area contributed by atoms with Gasteiger partial charge in [0.1, 0.15) is 0 Å². The van der Waals surface area contributed by atoms with E-state index in [1.165, 1.54) is 0 Å². The zero-order valence-electron chi connectivity index (χ0n) is 14.8. The molecule has 0 heterocycles. The fourth-order valence-electron chi connectivity index (χ4n) is 1.51. The molecule has 1 nitrogen and oxygen atoms in total. The van der Waals surface area contributed by atoms with Gasteiger partial charge in [-0.1, -0.05) is 54.4 Å². The van der Waals surface area contributed by atoms with E-state index in [-0.39, 0.29) is 56.2 Å². The molecule has 0 spiro atoms. The van der Waals surface area contributed by atoms with Crippen LogP contribution in [0.15, 0.2) is 11.1 Å². The number of ketones is 1. The van der Waals surface area contributed by atoms with E-state index in [1.54, 1.807) is 0 Å². The van der Waals surface area contributed by atoms with Crippen LogP contribution in [0.2, 0.25) is 0 Å². The van der Waals surface area contributed by atoms with Gasteiger partial charge in [0.15, 0.2) is 0 Å². The molecule has 20 heavy (non-hydrogen) atoms. The van der Waals surface area contributed by atoms with Crippen molar-refractivity contribution in [2.24, 2.45) is 17.8 Å². The summed E-state index contributed by atoms with van der Waals surface area (Å²) in [6, 6.07) is 0. The fraction of sp³-hybridized carbons (Fsp3) is 0.667. The quantitative estimate of drug-likeness (QED) is 0.489. The van der Waals surface area contributed by atoms with Gasteiger partial charge in [-0.25, -0.2) is 0 Å². The van der Waals surface area contributed by atoms with E-state index in [2.05, 4.69) is 12.2 Å². The van der Waals surface area contributed by atoms with Crippen LogP contribution in [0.1, 0.15) is 62.3 Å². The number of allylic oxidation sites excluding steroid dienone is 4. The smallest absolute Gasteiger partial charge is 0.403 e. The van der Waals surface area contributed by atoms with E-state index >= 15 is 0 Å². The minimum absolute atomic E-state index is 0. The molecule has 0 N–H and O–H groups in total. The van der Waals surface area contributed by atoms with Gasteiger partial charge in [0.25, 0.3) is 0 Å². The summed E-state index contributed by atoms with van der Waals surface area (Å²) < 4.78 is 0. The van der Waals surface area contributed by atoms with Crippen LogP contribution in [-0.2, 0) is 37.5 Å². The van der Waals surface area contributed by atoms with Crippen molar-refractivity contribution >= 4 is 5.78 Å². The predicted octanol–water partition coefficient (Wildman–Crippen LogP) is 5.23. The van der Waals surface area contributed by atoms with E-state index in [9.17, 15) is 4.79 Å². The first-order valence-corrected chi connectivity index (χ1v) is 7.19. The summed E-state index contributed by atoms with van der Waals surface area (Å²) in [6.45, 7) is 18.0. The largest absolute Gasteiger partial charge is 3.00 e. The molecule has 0 aliphatic carbocycles. The molecule has 0 bridgehead atoms. The number of hydrogen-bond acceptors (Lipinski definition) is 1. The van der Waals surface area contributed by atoms with Crippen LogP contribution in [0, 0.1) is 36.3 Å². The number of carbonyl (C=O) groups excluding carboxylic acids is 1. The zero-order chi connectivity index (χ0) is 15.6. The van der Waals surface area contributed by atoms with E-state index in [0.29, 0.717) is 5.57 Å². The third-order valence-electron chi connectivity index (χ3n) is 2.11. The van der Waals surface area contributed by atoms with Gasteiger partial charge in [-0.3, -0.25) is 12.2 Å². The molecule has 0 aromatic rings. The Bertz CT molecular complexity index is 309. The first kappa shape index (κ1) is 25.2. The van der Waals surface area contributed by atoms with E-state index in [0.717, 1.165) is 5.57 Å². The van der Waals surface area contributed by atoms with Gasteiger partial charge in [0.2, 0.25) is 0 Å². The molecular weight excluding hydrogens is 321 g/mol. The van der Waals surface area contributed by atoms with Crippen molar-refractivity contribution in [1.29, 1.82) is 0 Å². The van der Waals surface area contributed by atoms with Gasteiger partial charge < -0.3 is 11.2 Å². The average molecular weight is 352 g/mol. The first-order chi connectivity index (χ1) is 8.67. The number of rotatable bonds is 5. The molecule has 0 rings (SSSR count). The van der Waals surface area contributed by atoms with Crippen LogP contribution in [0.25, 0.3) is 0 Å². The molecule has 0 unspecified atom stereocenters. The van der Waals surface area contributed by atoms with Gasteiger partial charge in [0.05, 0.1) is 0 Å². The van der Waals surface area contributed by atoms with Crippen molar-refractivity contribution in [2.75, 3.05) is 0 Å². The summed E-state index contributed by atoms with van der Waals surface area (Å²) in [4.78, 5) is 12.2. The number of Topliss-reactive ketones (excluding diaryl/α,β-unsaturated/α-hetero) is 1. The maximum Gasteiger partial charge on any atom is 3.00 e. The zero-order valence-corrected chi connectivity index (χ0v) is 17.6. The van der Waals surface area contributed by atoms with Crippen LogP contribution in [-0.4, -0.2) is 5.78 Å². The summed E-state index contributed by atoms with van der Waals surface area (Å²) in [5.74, 6) is 0.890. The molecule has 0 saturated heterocycles. The SMILES string of the molecule is CC(=[C-]C(C)C)C(=O)C(=[C-]C(C)C)C(C)C.C[CH-]C.[Y+3]. The van der Waals surface area contributed by atoms with Gasteiger partial charge in [0, 0.05) is 5.78 Å². The van der Waals surface area contributed by atoms with E-state index < -0.39 is 0 Å². The van der Waals surface area contributed by atoms with Gasteiger partial charge in [-0.05, 0) is 0 Å². The summed E-state index contributed by atoms with van der Waals surface area (Å²) >= 11 is 0. The van der Waals surface area contributed by atoms with Crippen LogP contribution < -0.4 is 0 Å². The molecule has 0 aromatic carbocycles. The number of hydrogen-bond donors (Lipinski definition) is 0. The minimum atomic E-state index is 0. The third-order valence-corrected chi connectivity index (χ3v) is 2.11. The Morgan fingerprint density at radius 3 is 1.50 bits per heavy atom. The summed E-state index contributed by atoms with van der Waals surface area (Å²) in [6.07, 6.45) is 8.40. The molecule has 0 radical (unpaired) electrons. The molecule has 0 aliphatic rings. The van der Waals surface area contributed by atoms with Gasteiger partial charge in [-0.15, -0.1) is 11.8 Å². The molecule has 0 atom stereocenters. The third kappa shape index (κ3) is 13.2. The Morgan fingerprint density at radius 1 is 0.900 bits per heavy atom. The van der Waals surface area contributed by atoms with Crippen molar-refractivity contribution in [1.82, 2.24) is 0 Å². The van der Waals surface area contributed by atoms with Crippen molar-refractivity contribution in [3.8, 4) is 0 Å². The Kier molecular flexibility index (Phi) is 17.9. The Labute approximate surface area is 152 Å². The van der Waals surface area contributed by atoms with Crippen LogP contribution >= 0.6 is 0 Å². The molecule has 0 amide bonds. The number of carbonyl (C=O) groups is 1. The first-order valence-electron chi connectivity index (χ1n) is 7.19. The minimum Gasteiger partial charge on any atom is -0.403 e. The molecule has 0 aromatic heterocycles. The van der Waals surface area contributed by atoms with Crippen LogP contribution in [0.3, 0.4) is 0 Å². The van der Waals surface area contributed by atoms with Gasteiger partial charge in [-0.2, -0.15) is 25.0 Å². The molecule has 0 fully saturated rings. The predicted molar refractivity (Wildman–Crippen MR) is 84.4 cm³/mol. The Balaban J connectivity index is -0.000000657. The second-order valence-electron chi connectivity index (χ2n) is 5.70. The Morgan fingerprint density at radius 2 is 1.25 bits per heavy atom. The second-order valence-corrected chi connectivity index (χ2v) is 5.70. The van der Waals surface area contributed by atoms with Crippen LogP contribution in [0.5, 0.6) is 0 Å². The summed E-state index contributed by atoms with van der Waals surface area (Å²) in [7, 11) is 0. The van der Waals surface area contributed by atoms with E-state index in [1.807, 2.05) is 68.7 Å². The second kappa shape index (κ2) is 14.2. The fourth-order valence-corrected chi connectivity index (χ4v) is 1.51. The van der Waals surface area contributed by atoms with Gasteiger partial charge >= 0.3 is 32.7 Å². The standard InChI is InChI=1S/C15H24O.C3H7.Y/c1-10(2)8-13(7)15(16)14(12(5)6)9-11(3)4;1-3-2;/h10-12H,1-7H3;3H,1-2H3;/q-2;-1;+3. The van der Waals surface area contributed by atoms with Crippen molar-refractivity contribution in [3.63, 3.8) is 0 Å². The summed E-state index contributed by atoms with van der Waals surface area (Å²) in [5.41, 5.74) is 1.51. The molecule has 0 saturated carbocycles. The average Bonchev–Trinajstić information content (AvgIpc) is 2.24. The molecule has 112 valence electrons. The summed E-state index contributed by atoms with van der Waals surface area (Å²) in [5, 5.41) is 0. The maximum absolute atomic E-state index is 12.2. The van der Waals surface area contributed by atoms with E-state index in [4.69, 9.17) is 0 Å². The Hall–Kier alpha value is 0.254. The molecule has 2 heteroatoms. The van der Waals surface area contributed by atoms with Crippen molar-refractivity contribution in [2.45, 2.75) is 62.3 Å². The monoisotopic (exact) mass is 352 g/mol. The maximum atomic E-state index is 12.2. The molecular formula is C18H31OY.